The second-order valence-corrected chi connectivity index (χ2v) is 9.78. The number of aromatic nitrogens is 1. The zero-order valence-corrected chi connectivity index (χ0v) is 18.9. The number of aromatic carboxylic acids is 1. The van der Waals surface area contributed by atoms with Crippen LogP contribution in [0.25, 0.3) is 0 Å². The van der Waals surface area contributed by atoms with Crippen molar-refractivity contribution in [2.24, 2.45) is 5.92 Å². The molecular formula is C21H21Cl2N3O4S. The van der Waals surface area contributed by atoms with Gasteiger partial charge in [-0.2, -0.15) is 0 Å². The predicted octanol–water partition coefficient (Wildman–Crippen LogP) is 5.08. The smallest absolute Gasteiger partial charge is 0.347 e. The number of fused-ring (bicyclic) bond motifs is 1. The molecule has 1 aliphatic heterocycles. The molecule has 2 aromatic rings. The van der Waals surface area contributed by atoms with E-state index in [1.165, 1.54) is 12.6 Å². The van der Waals surface area contributed by atoms with Gasteiger partial charge in [-0.3, -0.25) is 9.59 Å². The maximum Gasteiger partial charge on any atom is 0.347 e. The molecule has 0 unspecified atom stereocenters. The molecule has 0 spiro atoms. The molecular weight excluding hydrogens is 461 g/mol. The first-order chi connectivity index (χ1) is 14.8. The lowest BCUT2D eigenvalue weighted by Crippen LogP contribution is -2.45. The van der Waals surface area contributed by atoms with Gasteiger partial charge in [-0.25, -0.2) is 9.78 Å². The molecule has 2 heterocycles. The average molecular weight is 482 g/mol. The van der Waals surface area contributed by atoms with Crippen LogP contribution in [-0.2, 0) is 11.3 Å². The number of anilines is 1. The summed E-state index contributed by atoms with van der Waals surface area (Å²) in [5, 5.41) is 12.7. The van der Waals surface area contributed by atoms with E-state index in [1.807, 2.05) is 0 Å². The minimum absolute atomic E-state index is 0.0352. The highest BCUT2D eigenvalue weighted by Gasteiger charge is 2.38. The van der Waals surface area contributed by atoms with Gasteiger partial charge in [0, 0.05) is 12.1 Å². The van der Waals surface area contributed by atoms with E-state index in [4.69, 9.17) is 28.3 Å². The largest absolute Gasteiger partial charge is 0.477 e. The number of carbonyl (C=O) groups excluding carboxylic acids is 2. The lowest BCUT2D eigenvalue weighted by atomic mass is 9.84. The van der Waals surface area contributed by atoms with Gasteiger partial charge in [-0.15, -0.1) is 0 Å². The summed E-state index contributed by atoms with van der Waals surface area (Å²) in [6.07, 6.45) is 7.23. The van der Waals surface area contributed by atoms with Gasteiger partial charge in [-0.05, 0) is 30.0 Å². The van der Waals surface area contributed by atoms with E-state index in [-0.39, 0.29) is 28.4 Å². The Balaban J connectivity index is 1.58. The summed E-state index contributed by atoms with van der Waals surface area (Å²) in [5.74, 6) is -1.38. The van der Waals surface area contributed by atoms with Gasteiger partial charge in [0.2, 0.25) is 5.91 Å². The number of halogens is 2. The van der Waals surface area contributed by atoms with Crippen molar-refractivity contribution in [2.45, 2.75) is 51.1 Å². The van der Waals surface area contributed by atoms with Crippen molar-refractivity contribution in [3.63, 3.8) is 0 Å². The van der Waals surface area contributed by atoms with Crippen LogP contribution in [-0.4, -0.2) is 38.8 Å². The van der Waals surface area contributed by atoms with Crippen molar-refractivity contribution < 1.29 is 19.5 Å². The highest BCUT2D eigenvalue weighted by atomic mass is 35.5. The molecule has 1 aromatic heterocycles. The van der Waals surface area contributed by atoms with Gasteiger partial charge in [-0.1, -0.05) is 66.6 Å². The van der Waals surface area contributed by atoms with Crippen molar-refractivity contribution in [3.8, 4) is 0 Å². The third-order valence-electron chi connectivity index (χ3n) is 5.88. The van der Waals surface area contributed by atoms with Gasteiger partial charge in [0.25, 0.3) is 5.91 Å². The van der Waals surface area contributed by atoms with E-state index in [2.05, 4.69) is 10.3 Å². The molecule has 31 heavy (non-hydrogen) atoms. The first-order valence-corrected chi connectivity index (χ1v) is 11.7. The Kier molecular flexibility index (Phi) is 6.50. The van der Waals surface area contributed by atoms with E-state index in [9.17, 15) is 14.4 Å². The second kappa shape index (κ2) is 9.14. The number of nitrogens with one attached hydrogen (secondary N) is 1. The molecule has 2 aliphatic rings. The van der Waals surface area contributed by atoms with Crippen LogP contribution in [0.15, 0.2) is 18.3 Å². The highest BCUT2D eigenvalue weighted by Crippen LogP contribution is 2.35. The average Bonchev–Trinajstić information content (AvgIpc) is 3.33. The molecule has 2 N–H and O–H groups in total. The lowest BCUT2D eigenvalue weighted by Gasteiger charge is -2.31. The van der Waals surface area contributed by atoms with Crippen LogP contribution in [0.3, 0.4) is 0 Å². The van der Waals surface area contributed by atoms with Crippen LogP contribution in [0, 0.1) is 5.92 Å². The van der Waals surface area contributed by atoms with Gasteiger partial charge in [0.05, 0.1) is 16.2 Å². The molecule has 1 aliphatic carbocycles. The number of amides is 2. The summed E-state index contributed by atoms with van der Waals surface area (Å²) >= 11 is 13.1. The van der Waals surface area contributed by atoms with E-state index in [0.717, 1.165) is 42.6 Å². The molecule has 1 atom stereocenters. The number of carboxylic acid groups (broad SMARTS) is 1. The summed E-state index contributed by atoms with van der Waals surface area (Å²) in [6.45, 7) is 0.272. The molecule has 10 heteroatoms. The Morgan fingerprint density at radius 3 is 2.61 bits per heavy atom. The Hall–Kier alpha value is -2.16. The highest BCUT2D eigenvalue weighted by molar-refractivity contribution is 7.17. The van der Waals surface area contributed by atoms with Gasteiger partial charge < -0.3 is 15.3 Å². The fourth-order valence-corrected chi connectivity index (χ4v) is 5.32. The second-order valence-electron chi connectivity index (χ2n) is 7.94. The van der Waals surface area contributed by atoms with Crippen molar-refractivity contribution in [3.05, 3.63) is 44.4 Å². The Morgan fingerprint density at radius 2 is 1.94 bits per heavy atom. The van der Waals surface area contributed by atoms with Crippen LogP contribution >= 0.6 is 34.5 Å². The maximum atomic E-state index is 13.2. The fraction of sp³-hybridized carbons (Fsp3) is 0.429. The quantitative estimate of drug-likeness (QED) is 0.598. The molecule has 1 fully saturated rings. The molecule has 164 valence electrons. The zero-order valence-electron chi connectivity index (χ0n) is 16.6. The van der Waals surface area contributed by atoms with Gasteiger partial charge in [0.15, 0.2) is 5.13 Å². The van der Waals surface area contributed by atoms with E-state index in [0.29, 0.717) is 27.9 Å². The molecule has 1 aromatic carbocycles. The molecule has 4 rings (SSSR count). The molecule has 0 bridgehead atoms. The third-order valence-corrected chi connectivity index (χ3v) is 7.51. The molecule has 2 amide bonds. The fourth-order valence-electron chi connectivity index (χ4n) is 4.31. The van der Waals surface area contributed by atoms with Gasteiger partial charge in [0.1, 0.15) is 10.9 Å². The van der Waals surface area contributed by atoms with Crippen LogP contribution in [0.5, 0.6) is 0 Å². The number of rotatable bonds is 6. The maximum absolute atomic E-state index is 13.2. The number of nitrogens with zero attached hydrogens (tertiary/aromatic N) is 2. The van der Waals surface area contributed by atoms with Crippen molar-refractivity contribution in [2.75, 3.05) is 5.32 Å². The number of thiazole rings is 1. The first kappa shape index (κ1) is 22.0. The van der Waals surface area contributed by atoms with E-state index in [1.54, 1.807) is 17.0 Å². The number of carbonyl (C=O) groups is 3. The predicted molar refractivity (Wildman–Crippen MR) is 119 cm³/mol. The third kappa shape index (κ3) is 4.71. The van der Waals surface area contributed by atoms with E-state index < -0.39 is 12.0 Å². The lowest BCUT2D eigenvalue weighted by molar-refractivity contribution is -0.121. The van der Waals surface area contributed by atoms with Crippen LogP contribution in [0.4, 0.5) is 5.13 Å². The summed E-state index contributed by atoms with van der Waals surface area (Å²) < 4.78 is 0. The number of benzene rings is 1. The Labute approximate surface area is 193 Å². The summed E-state index contributed by atoms with van der Waals surface area (Å²) in [7, 11) is 0. The molecule has 0 saturated heterocycles. The van der Waals surface area contributed by atoms with Crippen LogP contribution < -0.4 is 5.32 Å². The minimum Gasteiger partial charge on any atom is -0.477 e. The summed E-state index contributed by atoms with van der Waals surface area (Å²) in [5.41, 5.74) is 1.20. The molecule has 7 nitrogen and oxygen atoms in total. The van der Waals surface area contributed by atoms with E-state index >= 15 is 0 Å². The Morgan fingerprint density at radius 1 is 1.23 bits per heavy atom. The standard InChI is InChI=1S/C21H21Cl2N3O4S/c22-14-7-12-10-26(19(28)13(12)8-15(14)23)16(6-11-4-2-1-3-5-11)18(27)25-21-24-9-17(31-21)20(29)30/h7-9,11,16H,1-6,10H2,(H,29,30)(H,24,25,27)/t16-/m0/s1. The number of carboxylic acids is 1. The number of hydrogen-bond acceptors (Lipinski definition) is 5. The summed E-state index contributed by atoms with van der Waals surface area (Å²) in [4.78, 5) is 43.1. The summed E-state index contributed by atoms with van der Waals surface area (Å²) in [6, 6.07) is 2.53. The van der Waals surface area contributed by atoms with Crippen molar-refractivity contribution in [1.82, 2.24) is 9.88 Å². The van der Waals surface area contributed by atoms with Crippen molar-refractivity contribution in [1.29, 1.82) is 0 Å². The van der Waals surface area contributed by atoms with Gasteiger partial charge >= 0.3 is 5.97 Å². The van der Waals surface area contributed by atoms with Crippen molar-refractivity contribution >= 4 is 57.5 Å². The zero-order chi connectivity index (χ0) is 22.1. The first-order valence-electron chi connectivity index (χ1n) is 10.1. The minimum atomic E-state index is -1.10. The topological polar surface area (TPSA) is 99.6 Å². The number of hydrogen-bond donors (Lipinski definition) is 2. The van der Waals surface area contributed by atoms with Crippen LogP contribution in [0.2, 0.25) is 10.0 Å². The Bertz CT molecular complexity index is 1040. The van der Waals surface area contributed by atoms with Crippen LogP contribution in [0.1, 0.15) is 64.1 Å². The normalized spacial score (nSPS) is 17.5. The molecule has 0 radical (unpaired) electrons. The monoisotopic (exact) mass is 481 g/mol. The molecule has 1 saturated carbocycles. The SMILES string of the molecule is O=C(O)c1cnc(NC(=O)[C@H](CC2CCCCC2)N2Cc3cc(Cl)c(Cl)cc3C2=O)s1.